The lowest BCUT2D eigenvalue weighted by Gasteiger charge is -2.29. The average Bonchev–Trinajstić information content (AvgIpc) is 2.36. The Bertz CT molecular complexity index is 270. The fraction of sp³-hybridized carbons (Fsp3) is 0.941. The van der Waals surface area contributed by atoms with E-state index in [0.717, 1.165) is 45.4 Å². The van der Waals surface area contributed by atoms with Crippen LogP contribution in [0.1, 0.15) is 60.8 Å². The van der Waals surface area contributed by atoms with Crippen molar-refractivity contribution in [2.75, 3.05) is 26.2 Å². The van der Waals surface area contributed by atoms with E-state index in [1.165, 1.54) is 0 Å². The third kappa shape index (κ3) is 7.87. The Kier molecular flexibility index (Phi) is 9.88. The van der Waals surface area contributed by atoms with Crippen molar-refractivity contribution in [3.8, 4) is 6.07 Å². The van der Waals surface area contributed by atoms with Crippen LogP contribution in [0.5, 0.6) is 0 Å². The van der Waals surface area contributed by atoms with Crippen LogP contribution in [-0.4, -0.2) is 36.6 Å². The molecule has 0 saturated carbocycles. The summed E-state index contributed by atoms with van der Waals surface area (Å²) >= 11 is 0. The maximum absolute atomic E-state index is 9.44. The quantitative estimate of drug-likeness (QED) is 0.628. The zero-order valence-corrected chi connectivity index (χ0v) is 14.5. The van der Waals surface area contributed by atoms with Gasteiger partial charge < -0.3 is 4.90 Å². The smallest absolute Gasteiger partial charge is 0.106 e. The number of nitrogens with zero attached hydrogens (tertiary/aromatic N) is 2. The summed E-state index contributed by atoms with van der Waals surface area (Å²) in [5.41, 5.74) is -0.323. The molecule has 0 aromatic heterocycles. The molecule has 1 atom stereocenters. The molecule has 0 aromatic carbocycles. The largest absolute Gasteiger partial charge is 0.303 e. The second-order valence-electron chi connectivity index (χ2n) is 6.73. The van der Waals surface area contributed by atoms with Gasteiger partial charge in [-0.3, -0.25) is 5.32 Å². The first-order valence-corrected chi connectivity index (χ1v) is 8.27. The van der Waals surface area contributed by atoms with Gasteiger partial charge in [-0.25, -0.2) is 0 Å². The van der Waals surface area contributed by atoms with Crippen LogP contribution < -0.4 is 5.32 Å². The topological polar surface area (TPSA) is 39.1 Å². The molecular weight excluding hydrogens is 246 g/mol. The summed E-state index contributed by atoms with van der Waals surface area (Å²) in [7, 11) is 0. The third-order valence-electron chi connectivity index (χ3n) is 3.66. The highest BCUT2D eigenvalue weighted by Crippen LogP contribution is 2.17. The number of nitriles is 1. The Morgan fingerprint density at radius 1 is 1.10 bits per heavy atom. The molecule has 3 heteroatoms. The second kappa shape index (κ2) is 10.2. The first kappa shape index (κ1) is 19.4. The van der Waals surface area contributed by atoms with E-state index in [2.05, 4.69) is 57.8 Å². The zero-order valence-electron chi connectivity index (χ0n) is 14.5. The summed E-state index contributed by atoms with van der Waals surface area (Å²) in [5.74, 6) is 1.41. The van der Waals surface area contributed by atoms with E-state index in [4.69, 9.17) is 0 Å². The van der Waals surface area contributed by atoms with Gasteiger partial charge in [0.1, 0.15) is 5.54 Å². The standard InChI is InChI=1S/C17H35N3/c1-7-17(14-18,19-8-2)10-9-11-20(12-15(3)4)13-16(5)6/h15-16,19H,7-13H2,1-6H3. The van der Waals surface area contributed by atoms with Crippen molar-refractivity contribution in [1.29, 1.82) is 5.26 Å². The molecule has 118 valence electrons. The van der Waals surface area contributed by atoms with Crippen LogP contribution in [0.2, 0.25) is 0 Å². The van der Waals surface area contributed by atoms with Crippen molar-refractivity contribution in [2.24, 2.45) is 11.8 Å². The van der Waals surface area contributed by atoms with Crippen molar-refractivity contribution in [3.63, 3.8) is 0 Å². The predicted octanol–water partition coefficient (Wildman–Crippen LogP) is 3.66. The first-order valence-electron chi connectivity index (χ1n) is 8.27. The fourth-order valence-electron chi connectivity index (χ4n) is 2.80. The van der Waals surface area contributed by atoms with Crippen LogP contribution in [0.3, 0.4) is 0 Å². The highest BCUT2D eigenvalue weighted by molar-refractivity contribution is 5.06. The molecule has 0 aliphatic rings. The van der Waals surface area contributed by atoms with Gasteiger partial charge in [-0.1, -0.05) is 41.5 Å². The van der Waals surface area contributed by atoms with E-state index in [1.807, 2.05) is 0 Å². The molecule has 0 fully saturated rings. The van der Waals surface area contributed by atoms with Crippen molar-refractivity contribution in [3.05, 3.63) is 0 Å². The van der Waals surface area contributed by atoms with Crippen molar-refractivity contribution in [2.45, 2.75) is 66.3 Å². The van der Waals surface area contributed by atoms with Gasteiger partial charge >= 0.3 is 0 Å². The molecule has 0 aromatic rings. The van der Waals surface area contributed by atoms with Crippen molar-refractivity contribution < 1.29 is 0 Å². The van der Waals surface area contributed by atoms with Crippen LogP contribution in [0.4, 0.5) is 0 Å². The summed E-state index contributed by atoms with van der Waals surface area (Å²) in [6.45, 7) is 17.6. The van der Waals surface area contributed by atoms with E-state index >= 15 is 0 Å². The molecule has 0 amide bonds. The molecule has 3 nitrogen and oxygen atoms in total. The third-order valence-corrected chi connectivity index (χ3v) is 3.66. The molecule has 1 unspecified atom stereocenters. The lowest BCUT2D eigenvalue weighted by Crippen LogP contribution is -2.44. The fourth-order valence-corrected chi connectivity index (χ4v) is 2.80. The maximum atomic E-state index is 9.44. The van der Waals surface area contributed by atoms with Gasteiger partial charge in [0.2, 0.25) is 0 Å². The Hall–Kier alpha value is -0.590. The Morgan fingerprint density at radius 2 is 1.65 bits per heavy atom. The lowest BCUT2D eigenvalue weighted by atomic mass is 9.91. The summed E-state index contributed by atoms with van der Waals surface area (Å²) in [5, 5.41) is 12.8. The van der Waals surface area contributed by atoms with Crippen molar-refractivity contribution in [1.82, 2.24) is 10.2 Å². The van der Waals surface area contributed by atoms with E-state index in [0.29, 0.717) is 11.8 Å². The monoisotopic (exact) mass is 281 g/mol. The maximum Gasteiger partial charge on any atom is 0.106 e. The Balaban J connectivity index is 4.36. The average molecular weight is 281 g/mol. The number of rotatable bonds is 11. The van der Waals surface area contributed by atoms with Gasteiger partial charge in [-0.05, 0) is 44.2 Å². The predicted molar refractivity (Wildman–Crippen MR) is 87.7 cm³/mol. The van der Waals surface area contributed by atoms with Gasteiger partial charge in [0.05, 0.1) is 6.07 Å². The number of nitrogens with one attached hydrogen (secondary N) is 1. The van der Waals surface area contributed by atoms with E-state index in [9.17, 15) is 5.26 Å². The molecule has 0 bridgehead atoms. The van der Waals surface area contributed by atoms with E-state index in [-0.39, 0.29) is 5.54 Å². The van der Waals surface area contributed by atoms with Crippen LogP contribution in [-0.2, 0) is 0 Å². The second-order valence-corrected chi connectivity index (χ2v) is 6.73. The molecule has 0 aliphatic carbocycles. The Morgan fingerprint density at radius 3 is 2.00 bits per heavy atom. The SMILES string of the molecule is CCNC(C#N)(CC)CCCN(CC(C)C)CC(C)C. The highest BCUT2D eigenvalue weighted by atomic mass is 15.1. The zero-order chi connectivity index (χ0) is 15.6. The molecule has 1 N–H and O–H groups in total. The molecule has 0 rings (SSSR count). The molecule has 0 spiro atoms. The van der Waals surface area contributed by atoms with Crippen LogP contribution in [0, 0.1) is 23.2 Å². The number of hydrogen-bond donors (Lipinski definition) is 1. The van der Waals surface area contributed by atoms with Gasteiger partial charge in [0.25, 0.3) is 0 Å². The van der Waals surface area contributed by atoms with Gasteiger partial charge in [0, 0.05) is 13.1 Å². The molecular formula is C17H35N3. The molecule has 0 aliphatic heterocycles. The number of hydrogen-bond acceptors (Lipinski definition) is 3. The molecule has 20 heavy (non-hydrogen) atoms. The van der Waals surface area contributed by atoms with E-state index < -0.39 is 0 Å². The van der Waals surface area contributed by atoms with Gasteiger partial charge in [-0.2, -0.15) is 5.26 Å². The van der Waals surface area contributed by atoms with Crippen molar-refractivity contribution >= 4 is 0 Å². The minimum atomic E-state index is -0.323. The minimum absolute atomic E-state index is 0.323. The Labute approximate surface area is 126 Å². The minimum Gasteiger partial charge on any atom is -0.303 e. The lowest BCUT2D eigenvalue weighted by molar-refractivity contribution is 0.208. The highest BCUT2D eigenvalue weighted by Gasteiger charge is 2.26. The summed E-state index contributed by atoms with van der Waals surface area (Å²) < 4.78 is 0. The van der Waals surface area contributed by atoms with Gasteiger partial charge in [-0.15, -0.1) is 0 Å². The summed E-state index contributed by atoms with van der Waals surface area (Å²) in [6, 6.07) is 2.49. The summed E-state index contributed by atoms with van der Waals surface area (Å²) in [6.07, 6.45) is 2.92. The summed E-state index contributed by atoms with van der Waals surface area (Å²) in [4.78, 5) is 2.55. The van der Waals surface area contributed by atoms with Crippen LogP contribution in [0.15, 0.2) is 0 Å². The molecule has 0 radical (unpaired) electrons. The van der Waals surface area contributed by atoms with Crippen LogP contribution >= 0.6 is 0 Å². The molecule has 0 heterocycles. The molecule has 0 saturated heterocycles. The normalized spacial score (nSPS) is 14.8. The van der Waals surface area contributed by atoms with Gasteiger partial charge in [0.15, 0.2) is 0 Å². The first-order chi connectivity index (χ1) is 9.39. The van der Waals surface area contributed by atoms with E-state index in [1.54, 1.807) is 0 Å². The van der Waals surface area contributed by atoms with Crippen LogP contribution in [0.25, 0.3) is 0 Å².